The number of ether oxygens (including phenoxy) is 3. The van der Waals surface area contributed by atoms with Gasteiger partial charge in [-0.2, -0.15) is 8.78 Å². The average molecular weight is 359 g/mol. The number of hydrogen-bond acceptors (Lipinski definition) is 6. The van der Waals surface area contributed by atoms with Crippen molar-refractivity contribution >= 4 is 17.8 Å². The van der Waals surface area contributed by atoms with E-state index in [2.05, 4.69) is 14.8 Å². The zero-order chi connectivity index (χ0) is 19.0. The second-order valence-electron chi connectivity index (χ2n) is 5.84. The lowest BCUT2D eigenvalue weighted by Crippen LogP contribution is -2.33. The van der Waals surface area contributed by atoms with Crippen molar-refractivity contribution in [2.75, 3.05) is 13.2 Å². The normalized spacial score (nSPS) is 11.0. The van der Waals surface area contributed by atoms with Gasteiger partial charge < -0.3 is 19.5 Å². The molecule has 0 atom stereocenters. The largest absolute Gasteiger partial charge is 0.457 e. The van der Waals surface area contributed by atoms with E-state index in [0.29, 0.717) is 0 Å². The molecule has 138 valence electrons. The van der Waals surface area contributed by atoms with Gasteiger partial charge >= 0.3 is 18.6 Å². The van der Waals surface area contributed by atoms with Crippen molar-refractivity contribution in [2.24, 2.45) is 0 Å². The van der Waals surface area contributed by atoms with Crippen molar-refractivity contribution in [3.8, 4) is 5.75 Å². The molecule has 25 heavy (non-hydrogen) atoms. The molecule has 1 rings (SSSR count). The molecule has 9 heteroatoms. The van der Waals surface area contributed by atoms with E-state index < -0.39 is 43.2 Å². The molecule has 1 aromatic carbocycles. The molecule has 0 aliphatic carbocycles. The van der Waals surface area contributed by atoms with Gasteiger partial charge in [0.2, 0.25) is 0 Å². The first-order chi connectivity index (χ1) is 11.6. The van der Waals surface area contributed by atoms with Crippen molar-refractivity contribution in [1.82, 2.24) is 5.32 Å². The van der Waals surface area contributed by atoms with E-state index in [1.807, 2.05) is 0 Å². The Morgan fingerprint density at radius 2 is 1.84 bits per heavy atom. The number of nitrogens with one attached hydrogen (secondary N) is 1. The molecule has 7 nitrogen and oxygen atoms in total. The second-order valence-corrected chi connectivity index (χ2v) is 5.84. The van der Waals surface area contributed by atoms with Crippen molar-refractivity contribution in [1.29, 1.82) is 0 Å². The zero-order valence-electron chi connectivity index (χ0n) is 14.0. The Balaban J connectivity index is 2.43. The minimum atomic E-state index is -3.01. The Kier molecular flexibility index (Phi) is 7.28. The summed E-state index contributed by atoms with van der Waals surface area (Å²) < 4.78 is 38.1. The van der Waals surface area contributed by atoms with Crippen molar-refractivity contribution in [3.05, 3.63) is 29.8 Å². The highest BCUT2D eigenvalue weighted by Gasteiger charge is 2.18. The van der Waals surface area contributed by atoms with E-state index in [0.717, 1.165) is 6.07 Å². The van der Waals surface area contributed by atoms with E-state index in [9.17, 15) is 23.2 Å². The van der Waals surface area contributed by atoms with Crippen LogP contribution in [0.15, 0.2) is 24.3 Å². The van der Waals surface area contributed by atoms with Gasteiger partial charge in [-0.05, 0) is 39.0 Å². The van der Waals surface area contributed by atoms with Gasteiger partial charge in [-0.15, -0.1) is 0 Å². The van der Waals surface area contributed by atoms with Crippen LogP contribution in [0.1, 0.15) is 31.1 Å². The molecule has 1 amide bonds. The molecular weight excluding hydrogens is 340 g/mol. The molecule has 0 radical (unpaired) electrons. The molecule has 0 unspecified atom stereocenters. The highest BCUT2D eigenvalue weighted by molar-refractivity contribution is 5.96. The molecule has 0 aliphatic rings. The number of esters is 2. The fourth-order valence-corrected chi connectivity index (χ4v) is 1.63. The minimum absolute atomic E-state index is 0.0260. The van der Waals surface area contributed by atoms with Crippen LogP contribution in [0.2, 0.25) is 0 Å². The predicted octanol–water partition coefficient (Wildman–Crippen LogP) is 1.90. The van der Waals surface area contributed by atoms with Crippen LogP contribution in [0.4, 0.5) is 8.78 Å². The van der Waals surface area contributed by atoms with Crippen molar-refractivity contribution < 1.29 is 37.4 Å². The van der Waals surface area contributed by atoms with Gasteiger partial charge in [0.15, 0.2) is 6.61 Å². The first-order valence-electron chi connectivity index (χ1n) is 7.27. The summed E-state index contributed by atoms with van der Waals surface area (Å²) in [4.78, 5) is 34.7. The number of halogens is 2. The highest BCUT2D eigenvalue weighted by Crippen LogP contribution is 2.15. The number of carbonyl (C=O) groups is 3. The van der Waals surface area contributed by atoms with E-state index in [-0.39, 0.29) is 11.3 Å². The average Bonchev–Trinajstić information content (AvgIpc) is 2.48. The Morgan fingerprint density at radius 1 is 1.16 bits per heavy atom. The van der Waals surface area contributed by atoms with Crippen LogP contribution in [0, 0.1) is 0 Å². The molecule has 0 aromatic heterocycles. The molecule has 0 aliphatic heterocycles. The lowest BCUT2D eigenvalue weighted by molar-refractivity contribution is -0.166. The fourth-order valence-electron chi connectivity index (χ4n) is 1.63. The molecule has 1 N–H and O–H groups in total. The van der Waals surface area contributed by atoms with Gasteiger partial charge in [0.1, 0.15) is 17.9 Å². The van der Waals surface area contributed by atoms with Gasteiger partial charge in [-0.25, -0.2) is 4.79 Å². The van der Waals surface area contributed by atoms with E-state index in [1.54, 1.807) is 20.8 Å². The maximum Gasteiger partial charge on any atom is 0.387 e. The molecule has 0 fully saturated rings. The lowest BCUT2D eigenvalue weighted by Gasteiger charge is -2.19. The van der Waals surface area contributed by atoms with Crippen LogP contribution in [0.25, 0.3) is 0 Å². The molecule has 0 spiro atoms. The Bertz CT molecular complexity index is 627. The third-order valence-corrected chi connectivity index (χ3v) is 2.49. The van der Waals surface area contributed by atoms with Crippen LogP contribution in [0.5, 0.6) is 5.75 Å². The Hall–Kier alpha value is -2.71. The summed E-state index contributed by atoms with van der Waals surface area (Å²) in [6.45, 7) is 0.906. The maximum absolute atomic E-state index is 12.1. The van der Waals surface area contributed by atoms with E-state index >= 15 is 0 Å². The summed E-state index contributed by atoms with van der Waals surface area (Å²) >= 11 is 0. The van der Waals surface area contributed by atoms with E-state index in [4.69, 9.17) is 4.74 Å². The SMILES string of the molecule is CC(C)(C)OC(=O)COC(=O)CNC(=O)c1cccc(OC(F)F)c1. The first kappa shape index (κ1) is 20.3. The second kappa shape index (κ2) is 8.95. The van der Waals surface area contributed by atoms with Crippen LogP contribution in [-0.2, 0) is 19.1 Å². The number of amides is 1. The summed E-state index contributed by atoms with van der Waals surface area (Å²) in [5.41, 5.74) is -0.679. The number of rotatable bonds is 7. The Labute approximate surface area is 143 Å². The summed E-state index contributed by atoms with van der Waals surface area (Å²) in [7, 11) is 0. The third kappa shape index (κ3) is 8.63. The summed E-state index contributed by atoms with van der Waals surface area (Å²) in [5, 5.41) is 2.24. The fraction of sp³-hybridized carbons (Fsp3) is 0.438. The van der Waals surface area contributed by atoms with Crippen LogP contribution < -0.4 is 10.1 Å². The molecular formula is C16H19F2NO6. The van der Waals surface area contributed by atoms with Gasteiger partial charge in [0.25, 0.3) is 5.91 Å². The smallest absolute Gasteiger partial charge is 0.387 e. The monoisotopic (exact) mass is 359 g/mol. The summed E-state index contributed by atoms with van der Waals surface area (Å²) in [6.07, 6.45) is 0. The summed E-state index contributed by atoms with van der Waals surface area (Å²) in [6, 6.07) is 5.08. The molecule has 1 aromatic rings. The number of carbonyl (C=O) groups excluding carboxylic acids is 3. The van der Waals surface area contributed by atoms with Gasteiger partial charge in [-0.3, -0.25) is 9.59 Å². The zero-order valence-corrected chi connectivity index (χ0v) is 14.0. The minimum Gasteiger partial charge on any atom is -0.457 e. The highest BCUT2D eigenvalue weighted by atomic mass is 19.3. The molecule has 0 bridgehead atoms. The van der Waals surface area contributed by atoms with E-state index in [1.165, 1.54) is 18.2 Å². The molecule has 0 heterocycles. The number of alkyl halides is 2. The quantitative estimate of drug-likeness (QED) is 0.748. The number of hydrogen-bond donors (Lipinski definition) is 1. The van der Waals surface area contributed by atoms with Crippen LogP contribution in [0.3, 0.4) is 0 Å². The van der Waals surface area contributed by atoms with Crippen LogP contribution in [-0.4, -0.2) is 43.2 Å². The summed E-state index contributed by atoms with van der Waals surface area (Å²) in [5.74, 6) is -2.44. The predicted molar refractivity (Wildman–Crippen MR) is 82.2 cm³/mol. The van der Waals surface area contributed by atoms with Gasteiger partial charge in [-0.1, -0.05) is 6.07 Å². The Morgan fingerprint density at radius 3 is 2.44 bits per heavy atom. The first-order valence-corrected chi connectivity index (χ1v) is 7.27. The third-order valence-electron chi connectivity index (χ3n) is 2.49. The van der Waals surface area contributed by atoms with Crippen molar-refractivity contribution in [2.45, 2.75) is 33.0 Å². The standard InChI is InChI=1S/C16H19F2NO6/c1-16(2,3)25-13(21)9-23-12(20)8-19-14(22)10-5-4-6-11(7-10)24-15(17)18/h4-7,15H,8-9H2,1-3H3,(H,19,22). The van der Waals surface area contributed by atoms with Crippen LogP contribution >= 0.6 is 0 Å². The number of benzene rings is 1. The topological polar surface area (TPSA) is 90.9 Å². The van der Waals surface area contributed by atoms with Gasteiger partial charge in [0.05, 0.1) is 0 Å². The molecule has 0 saturated heterocycles. The van der Waals surface area contributed by atoms with Crippen molar-refractivity contribution in [3.63, 3.8) is 0 Å². The maximum atomic E-state index is 12.1. The molecule has 0 saturated carbocycles. The van der Waals surface area contributed by atoms with Gasteiger partial charge in [0, 0.05) is 5.56 Å². The lowest BCUT2D eigenvalue weighted by atomic mass is 10.2.